The molecule has 0 radical (unpaired) electrons. The van der Waals surface area contributed by atoms with E-state index in [4.69, 9.17) is 10.5 Å². The van der Waals surface area contributed by atoms with Gasteiger partial charge in [-0.1, -0.05) is 13.8 Å². The van der Waals surface area contributed by atoms with Crippen LogP contribution < -0.4 is 16.2 Å². The van der Waals surface area contributed by atoms with Gasteiger partial charge in [0.1, 0.15) is 0 Å². The highest BCUT2D eigenvalue weighted by Crippen LogP contribution is 2.39. The van der Waals surface area contributed by atoms with Crippen molar-refractivity contribution >= 4 is 17.3 Å². The molecule has 1 fully saturated rings. The maximum Gasteiger partial charge on any atom is 0.275 e. The number of hydrogen-bond acceptors (Lipinski definition) is 6. The first-order chi connectivity index (χ1) is 16.0. The molecule has 0 atom stereocenters. The second-order valence-electron chi connectivity index (χ2n) is 9.53. The number of ether oxygens (including phenoxy) is 1. The van der Waals surface area contributed by atoms with Gasteiger partial charge in [0.15, 0.2) is 0 Å². The number of aromatic amines is 1. The average Bonchev–Trinajstić information content (AvgIpc) is 2.75. The van der Waals surface area contributed by atoms with Crippen molar-refractivity contribution in [1.82, 2.24) is 4.98 Å². The number of amides is 1. The number of carbonyl (C=O) groups is 1. The Kier molecular flexibility index (Phi) is 7.76. The van der Waals surface area contributed by atoms with Gasteiger partial charge in [-0.25, -0.2) is 0 Å². The van der Waals surface area contributed by atoms with Crippen molar-refractivity contribution in [2.45, 2.75) is 59.9 Å². The molecule has 2 aromatic rings. The normalized spacial score (nSPS) is 14.4. The molecule has 1 amide bonds. The van der Waals surface area contributed by atoms with Crippen molar-refractivity contribution in [2.75, 3.05) is 24.7 Å². The molecule has 1 aliphatic heterocycles. The largest absolute Gasteiger partial charge is 0.381 e. The Balaban J connectivity index is 2.34. The fourth-order valence-electron chi connectivity index (χ4n) is 4.88. The monoisotopic (exact) mass is 470 g/mol. The van der Waals surface area contributed by atoms with E-state index in [1.807, 2.05) is 13.0 Å². The molecule has 3 N–H and O–H groups in total. The first-order valence-electron chi connectivity index (χ1n) is 11.7. The van der Waals surface area contributed by atoms with E-state index >= 15 is 0 Å². The molecule has 0 spiro atoms. The van der Waals surface area contributed by atoms with Crippen molar-refractivity contribution in [3.63, 3.8) is 0 Å². The molecule has 0 bridgehead atoms. The molecule has 0 unspecified atom stereocenters. The SMILES string of the molecule is Cc1cc(C)c(Cc2c([N+](=O)[O-])cc(C(N)=O)c(C)c2N(CC(C)C)C2CCOCC2)c(=O)[nH]1. The van der Waals surface area contributed by atoms with E-state index in [9.17, 15) is 19.7 Å². The first-order valence-corrected chi connectivity index (χ1v) is 11.7. The molecule has 9 heteroatoms. The van der Waals surface area contributed by atoms with Gasteiger partial charge in [-0.15, -0.1) is 0 Å². The summed E-state index contributed by atoms with van der Waals surface area (Å²) in [5.41, 5.74) is 8.92. The van der Waals surface area contributed by atoms with Crippen LogP contribution in [0.1, 0.15) is 65.0 Å². The number of hydrogen-bond donors (Lipinski definition) is 2. The van der Waals surface area contributed by atoms with Crippen LogP contribution in [0.4, 0.5) is 11.4 Å². The number of H-pyrrole nitrogens is 1. The summed E-state index contributed by atoms with van der Waals surface area (Å²) < 4.78 is 5.56. The van der Waals surface area contributed by atoms with Crippen LogP contribution in [0.25, 0.3) is 0 Å². The Morgan fingerprint density at radius 1 is 1.24 bits per heavy atom. The van der Waals surface area contributed by atoms with Crippen LogP contribution in [0.5, 0.6) is 0 Å². The van der Waals surface area contributed by atoms with E-state index in [0.29, 0.717) is 42.1 Å². The summed E-state index contributed by atoms with van der Waals surface area (Å²) in [4.78, 5) is 41.8. The molecule has 0 aliphatic carbocycles. The number of primary amides is 1. The number of benzene rings is 1. The summed E-state index contributed by atoms with van der Waals surface area (Å²) in [7, 11) is 0. The van der Waals surface area contributed by atoms with Gasteiger partial charge in [-0.3, -0.25) is 19.7 Å². The van der Waals surface area contributed by atoms with Crippen LogP contribution in [-0.4, -0.2) is 41.6 Å². The highest BCUT2D eigenvalue weighted by Gasteiger charge is 2.32. The van der Waals surface area contributed by atoms with Crippen LogP contribution in [0.3, 0.4) is 0 Å². The molecule has 1 aromatic heterocycles. The molecule has 1 saturated heterocycles. The maximum absolute atomic E-state index is 12.8. The van der Waals surface area contributed by atoms with Crippen LogP contribution in [-0.2, 0) is 11.2 Å². The van der Waals surface area contributed by atoms with Gasteiger partial charge in [0, 0.05) is 49.5 Å². The van der Waals surface area contributed by atoms with Gasteiger partial charge in [0.2, 0.25) is 5.91 Å². The van der Waals surface area contributed by atoms with Crippen molar-refractivity contribution in [2.24, 2.45) is 11.7 Å². The minimum atomic E-state index is -0.714. The highest BCUT2D eigenvalue weighted by atomic mass is 16.6. The maximum atomic E-state index is 12.8. The van der Waals surface area contributed by atoms with Crippen molar-refractivity contribution in [3.05, 3.63) is 66.1 Å². The molecule has 1 aliphatic rings. The highest BCUT2D eigenvalue weighted by molar-refractivity contribution is 5.97. The number of nitrogens with one attached hydrogen (secondary N) is 1. The lowest BCUT2D eigenvalue weighted by Crippen LogP contribution is -2.43. The second-order valence-corrected chi connectivity index (χ2v) is 9.53. The molecule has 9 nitrogen and oxygen atoms in total. The molecular formula is C25H34N4O5. The van der Waals surface area contributed by atoms with Gasteiger partial charge in [-0.05, 0) is 56.7 Å². The Labute approximate surface area is 199 Å². The van der Waals surface area contributed by atoms with Crippen molar-refractivity contribution < 1.29 is 14.5 Å². The minimum Gasteiger partial charge on any atom is -0.381 e. The van der Waals surface area contributed by atoms with Gasteiger partial charge in [0.05, 0.1) is 21.7 Å². The number of rotatable bonds is 8. The Morgan fingerprint density at radius 2 is 1.88 bits per heavy atom. The summed E-state index contributed by atoms with van der Waals surface area (Å²) in [6.07, 6.45) is 1.61. The van der Waals surface area contributed by atoms with Crippen LogP contribution in [0, 0.1) is 36.8 Å². The smallest absolute Gasteiger partial charge is 0.275 e. The van der Waals surface area contributed by atoms with E-state index in [2.05, 4.69) is 23.7 Å². The molecule has 184 valence electrons. The van der Waals surface area contributed by atoms with Crippen molar-refractivity contribution in [1.29, 1.82) is 0 Å². The van der Waals surface area contributed by atoms with Crippen LogP contribution >= 0.6 is 0 Å². The van der Waals surface area contributed by atoms with Gasteiger partial charge in [0.25, 0.3) is 11.2 Å². The Bertz CT molecular complexity index is 1150. The van der Waals surface area contributed by atoms with Crippen LogP contribution in [0.15, 0.2) is 16.9 Å². The number of aryl methyl sites for hydroxylation is 2. The van der Waals surface area contributed by atoms with Gasteiger partial charge in [-0.2, -0.15) is 0 Å². The van der Waals surface area contributed by atoms with E-state index in [0.717, 1.165) is 24.1 Å². The fraction of sp³-hybridized carbons (Fsp3) is 0.520. The zero-order chi connectivity index (χ0) is 25.2. The average molecular weight is 471 g/mol. The number of pyridine rings is 1. The molecular weight excluding hydrogens is 436 g/mol. The fourth-order valence-corrected chi connectivity index (χ4v) is 4.88. The lowest BCUT2D eigenvalue weighted by atomic mass is 9.91. The zero-order valence-corrected chi connectivity index (χ0v) is 20.6. The van der Waals surface area contributed by atoms with Crippen LogP contribution in [0.2, 0.25) is 0 Å². The predicted molar refractivity (Wildman–Crippen MR) is 132 cm³/mol. The number of nitro groups is 1. The van der Waals surface area contributed by atoms with E-state index in [-0.39, 0.29) is 35.2 Å². The summed E-state index contributed by atoms with van der Waals surface area (Å²) in [5, 5.41) is 12.2. The molecule has 3 rings (SSSR count). The number of nitrogens with zero attached hydrogens (tertiary/aromatic N) is 2. The summed E-state index contributed by atoms with van der Waals surface area (Å²) in [6, 6.07) is 3.21. The summed E-state index contributed by atoms with van der Waals surface area (Å²) in [5.74, 6) is -0.454. The van der Waals surface area contributed by atoms with Crippen molar-refractivity contribution in [3.8, 4) is 0 Å². The lowest BCUT2D eigenvalue weighted by molar-refractivity contribution is -0.385. The molecule has 1 aromatic carbocycles. The molecule has 2 heterocycles. The number of carbonyl (C=O) groups excluding carboxylic acids is 1. The number of nitrogens with two attached hydrogens (primary N) is 1. The summed E-state index contributed by atoms with van der Waals surface area (Å²) >= 11 is 0. The summed E-state index contributed by atoms with van der Waals surface area (Å²) in [6.45, 7) is 11.4. The Morgan fingerprint density at radius 3 is 2.41 bits per heavy atom. The first kappa shape index (κ1) is 25.4. The quantitative estimate of drug-likeness (QED) is 0.448. The van der Waals surface area contributed by atoms with E-state index in [1.165, 1.54) is 6.07 Å². The number of aromatic nitrogens is 1. The van der Waals surface area contributed by atoms with Gasteiger partial charge < -0.3 is 20.4 Å². The predicted octanol–water partition coefficient (Wildman–Crippen LogP) is 3.54. The minimum absolute atomic E-state index is 0.0742. The second kappa shape index (κ2) is 10.4. The third-order valence-corrected chi connectivity index (χ3v) is 6.43. The molecule has 0 saturated carbocycles. The zero-order valence-electron chi connectivity index (χ0n) is 20.6. The third-order valence-electron chi connectivity index (χ3n) is 6.43. The topological polar surface area (TPSA) is 132 Å². The van der Waals surface area contributed by atoms with E-state index < -0.39 is 10.8 Å². The molecule has 34 heavy (non-hydrogen) atoms. The van der Waals surface area contributed by atoms with E-state index in [1.54, 1.807) is 13.8 Å². The number of nitro benzene ring substituents is 1. The lowest BCUT2D eigenvalue weighted by Gasteiger charge is -2.39. The third kappa shape index (κ3) is 5.30. The standard InChI is InChI=1S/C25H34N4O5/c1-14(2)13-28(18-6-8-34-9-7-18)23-17(5)20(24(26)30)12-22(29(32)33)21(23)11-19-15(3)10-16(4)27-25(19)31/h10,12,14,18H,6-9,11,13H2,1-5H3,(H2,26,30)(H,27,31). The van der Waals surface area contributed by atoms with Gasteiger partial charge >= 0.3 is 0 Å². The number of anilines is 1. The Hall–Kier alpha value is -3.20.